The third-order valence-electron chi connectivity index (χ3n) is 3.16. The first-order valence-electron chi connectivity index (χ1n) is 6.17. The Balaban J connectivity index is 2.06. The van der Waals surface area contributed by atoms with E-state index in [4.69, 9.17) is 0 Å². The van der Waals surface area contributed by atoms with E-state index in [9.17, 15) is 10.1 Å². The highest BCUT2D eigenvalue weighted by atomic mass is 79.9. The van der Waals surface area contributed by atoms with Crippen LogP contribution in [-0.4, -0.2) is 20.4 Å². The number of aromatic nitrogens is 3. The first kappa shape index (κ1) is 13.5. The molecular formula is C15H9BrN4O. The van der Waals surface area contributed by atoms with E-state index in [1.165, 1.54) is 6.20 Å². The van der Waals surface area contributed by atoms with Gasteiger partial charge in [0.25, 0.3) is 0 Å². The maximum Gasteiger partial charge on any atom is 0.188 e. The molecule has 0 spiro atoms. The van der Waals surface area contributed by atoms with Crippen LogP contribution in [0.2, 0.25) is 0 Å². The van der Waals surface area contributed by atoms with Crippen molar-refractivity contribution in [3.8, 4) is 6.07 Å². The van der Waals surface area contributed by atoms with Crippen LogP contribution in [-0.2, 0) is 0 Å². The summed E-state index contributed by atoms with van der Waals surface area (Å²) in [5.74, 6) is -1.14. The van der Waals surface area contributed by atoms with Gasteiger partial charge in [0.05, 0.1) is 29.5 Å². The van der Waals surface area contributed by atoms with Crippen LogP contribution in [0.4, 0.5) is 0 Å². The molecule has 1 unspecified atom stereocenters. The molecule has 3 rings (SSSR count). The number of nitrogens with zero attached hydrogens (tertiary/aromatic N) is 4. The quantitative estimate of drug-likeness (QED) is 0.687. The number of carbonyl (C=O) groups is 1. The minimum Gasteiger partial charge on any atom is -0.292 e. The fourth-order valence-electron chi connectivity index (χ4n) is 2.15. The Morgan fingerprint density at radius 1 is 1.38 bits per heavy atom. The highest BCUT2D eigenvalue weighted by Crippen LogP contribution is 2.24. The van der Waals surface area contributed by atoms with Crippen molar-refractivity contribution < 1.29 is 4.79 Å². The van der Waals surface area contributed by atoms with Crippen molar-refractivity contribution in [3.63, 3.8) is 0 Å². The monoisotopic (exact) mass is 340 g/mol. The van der Waals surface area contributed by atoms with Crippen LogP contribution in [0.3, 0.4) is 0 Å². The van der Waals surface area contributed by atoms with Gasteiger partial charge in [0, 0.05) is 16.9 Å². The van der Waals surface area contributed by atoms with E-state index in [0.717, 1.165) is 4.47 Å². The molecule has 0 saturated heterocycles. The number of hydrogen-bond donors (Lipinski definition) is 0. The Labute approximate surface area is 129 Å². The van der Waals surface area contributed by atoms with Crippen molar-refractivity contribution in [2.75, 3.05) is 0 Å². The molecule has 0 radical (unpaired) electrons. The lowest BCUT2D eigenvalue weighted by Crippen LogP contribution is -2.11. The van der Waals surface area contributed by atoms with Crippen LogP contribution in [0, 0.1) is 11.3 Å². The van der Waals surface area contributed by atoms with E-state index in [0.29, 0.717) is 16.6 Å². The Kier molecular flexibility index (Phi) is 3.50. The van der Waals surface area contributed by atoms with Crippen LogP contribution >= 0.6 is 15.9 Å². The van der Waals surface area contributed by atoms with Gasteiger partial charge in [0.1, 0.15) is 5.92 Å². The van der Waals surface area contributed by atoms with E-state index < -0.39 is 5.92 Å². The summed E-state index contributed by atoms with van der Waals surface area (Å²) in [6.07, 6.45) is 6.29. The van der Waals surface area contributed by atoms with Crippen LogP contribution in [0.25, 0.3) is 5.52 Å². The molecule has 0 aliphatic heterocycles. The molecule has 2 aromatic heterocycles. The summed E-state index contributed by atoms with van der Waals surface area (Å²) in [5, 5.41) is 13.5. The van der Waals surface area contributed by atoms with Gasteiger partial charge < -0.3 is 0 Å². The first-order valence-corrected chi connectivity index (χ1v) is 6.96. The Morgan fingerprint density at radius 2 is 2.24 bits per heavy atom. The molecule has 0 aliphatic rings. The second-order valence-corrected chi connectivity index (χ2v) is 5.36. The summed E-state index contributed by atoms with van der Waals surface area (Å²) in [6.45, 7) is 0. The molecular weight excluding hydrogens is 332 g/mol. The predicted octanol–water partition coefficient (Wildman–Crippen LogP) is 2.98. The molecule has 1 aromatic carbocycles. The lowest BCUT2D eigenvalue weighted by atomic mass is 9.92. The maximum absolute atomic E-state index is 12.6. The lowest BCUT2D eigenvalue weighted by Gasteiger charge is -2.08. The maximum atomic E-state index is 12.6. The van der Waals surface area contributed by atoms with Crippen molar-refractivity contribution in [1.82, 2.24) is 14.6 Å². The van der Waals surface area contributed by atoms with Crippen molar-refractivity contribution in [3.05, 3.63) is 64.7 Å². The second-order valence-electron chi connectivity index (χ2n) is 4.45. The third-order valence-corrected chi connectivity index (χ3v) is 3.66. The SMILES string of the molecule is N#CC(C(=O)c1cnn2ccncc12)c1cccc(Br)c1. The fourth-order valence-corrected chi connectivity index (χ4v) is 2.57. The molecule has 2 heterocycles. The summed E-state index contributed by atoms with van der Waals surface area (Å²) < 4.78 is 2.39. The average Bonchev–Trinajstić information content (AvgIpc) is 2.92. The van der Waals surface area contributed by atoms with E-state index in [-0.39, 0.29) is 5.78 Å². The molecule has 0 saturated carbocycles. The number of Topliss-reactive ketones (excluding diaryl/α,β-unsaturated/α-hetero) is 1. The van der Waals surface area contributed by atoms with Gasteiger partial charge in [-0.15, -0.1) is 0 Å². The standard InChI is InChI=1S/C15H9BrN4O/c16-11-3-1-2-10(6-11)12(7-17)15(21)13-8-19-20-5-4-18-9-14(13)20/h1-6,8-9,12H. The Morgan fingerprint density at radius 3 is 3.00 bits per heavy atom. The second kappa shape index (κ2) is 5.46. The number of hydrogen-bond acceptors (Lipinski definition) is 4. The van der Waals surface area contributed by atoms with E-state index in [2.05, 4.69) is 32.1 Å². The molecule has 102 valence electrons. The Bertz CT molecular complexity index is 865. The minimum absolute atomic E-state index is 0.279. The average molecular weight is 341 g/mol. The smallest absolute Gasteiger partial charge is 0.188 e. The molecule has 21 heavy (non-hydrogen) atoms. The van der Waals surface area contributed by atoms with Gasteiger partial charge in [-0.05, 0) is 17.7 Å². The van der Waals surface area contributed by atoms with Crippen molar-refractivity contribution in [2.45, 2.75) is 5.92 Å². The van der Waals surface area contributed by atoms with Crippen molar-refractivity contribution in [1.29, 1.82) is 5.26 Å². The van der Waals surface area contributed by atoms with E-state index >= 15 is 0 Å². The number of fused-ring (bicyclic) bond motifs is 1. The molecule has 5 nitrogen and oxygen atoms in total. The molecule has 0 amide bonds. The summed E-state index contributed by atoms with van der Waals surface area (Å²) in [4.78, 5) is 16.6. The highest BCUT2D eigenvalue weighted by molar-refractivity contribution is 9.10. The lowest BCUT2D eigenvalue weighted by molar-refractivity contribution is 0.0980. The number of ketones is 1. The van der Waals surface area contributed by atoms with Crippen LogP contribution in [0.5, 0.6) is 0 Å². The first-order chi connectivity index (χ1) is 10.2. The van der Waals surface area contributed by atoms with Crippen molar-refractivity contribution >= 4 is 27.2 Å². The van der Waals surface area contributed by atoms with Gasteiger partial charge in [0.2, 0.25) is 0 Å². The predicted molar refractivity (Wildman–Crippen MR) is 79.8 cm³/mol. The molecule has 1 atom stereocenters. The zero-order valence-electron chi connectivity index (χ0n) is 10.8. The number of nitriles is 1. The Hall–Kier alpha value is -2.52. The van der Waals surface area contributed by atoms with Gasteiger partial charge in [-0.2, -0.15) is 10.4 Å². The molecule has 0 aliphatic carbocycles. The fraction of sp³-hybridized carbons (Fsp3) is 0.0667. The highest BCUT2D eigenvalue weighted by Gasteiger charge is 2.24. The van der Waals surface area contributed by atoms with Gasteiger partial charge in [-0.1, -0.05) is 28.1 Å². The third kappa shape index (κ3) is 2.43. The number of rotatable bonds is 3. The molecule has 3 aromatic rings. The number of benzene rings is 1. The molecule has 0 fully saturated rings. The zero-order valence-corrected chi connectivity index (χ0v) is 12.4. The van der Waals surface area contributed by atoms with Gasteiger partial charge in [-0.3, -0.25) is 9.78 Å². The zero-order chi connectivity index (χ0) is 14.8. The van der Waals surface area contributed by atoms with Crippen molar-refractivity contribution in [2.24, 2.45) is 0 Å². The molecule has 0 bridgehead atoms. The summed E-state index contributed by atoms with van der Waals surface area (Å²) >= 11 is 3.35. The van der Waals surface area contributed by atoms with E-state index in [1.807, 2.05) is 6.07 Å². The van der Waals surface area contributed by atoms with Gasteiger partial charge in [-0.25, -0.2) is 4.52 Å². The topological polar surface area (TPSA) is 71.0 Å². The van der Waals surface area contributed by atoms with Gasteiger partial charge in [0.15, 0.2) is 5.78 Å². The number of carbonyl (C=O) groups excluding carboxylic acids is 1. The number of halogens is 1. The van der Waals surface area contributed by atoms with Crippen LogP contribution < -0.4 is 0 Å². The summed E-state index contributed by atoms with van der Waals surface area (Å²) in [7, 11) is 0. The summed E-state index contributed by atoms with van der Waals surface area (Å²) in [5.41, 5.74) is 1.65. The summed E-state index contributed by atoms with van der Waals surface area (Å²) in [6, 6.07) is 9.26. The van der Waals surface area contributed by atoms with Crippen LogP contribution in [0.15, 0.2) is 53.5 Å². The largest absolute Gasteiger partial charge is 0.292 e. The molecule has 0 N–H and O–H groups in total. The minimum atomic E-state index is -0.865. The van der Waals surface area contributed by atoms with Crippen LogP contribution in [0.1, 0.15) is 21.8 Å². The molecule has 6 heteroatoms. The van der Waals surface area contributed by atoms with Gasteiger partial charge >= 0.3 is 0 Å². The van der Waals surface area contributed by atoms with E-state index in [1.54, 1.807) is 41.3 Å². The normalized spacial score (nSPS) is 12.0.